The van der Waals surface area contributed by atoms with E-state index in [9.17, 15) is 0 Å². The lowest BCUT2D eigenvalue weighted by Gasteiger charge is -2.26. The first-order valence-corrected chi connectivity index (χ1v) is 11.2. The summed E-state index contributed by atoms with van der Waals surface area (Å²) in [7, 11) is 0. The summed E-state index contributed by atoms with van der Waals surface area (Å²) < 4.78 is 6.33. The van der Waals surface area contributed by atoms with E-state index in [0.29, 0.717) is 27.5 Å². The Morgan fingerprint density at radius 1 is 1.00 bits per heavy atom. The molecular weight excluding hydrogens is 463 g/mol. The molecule has 0 unspecified atom stereocenters. The Morgan fingerprint density at radius 2 is 1.91 bits per heavy atom. The number of nitrogens with one attached hydrogen (secondary N) is 1. The highest BCUT2D eigenvalue weighted by Crippen LogP contribution is 2.41. The van der Waals surface area contributed by atoms with E-state index in [1.54, 1.807) is 24.5 Å². The molecule has 3 aromatic heterocycles. The lowest BCUT2D eigenvalue weighted by Crippen LogP contribution is -2.29. The highest BCUT2D eigenvalue weighted by Gasteiger charge is 2.41. The molecule has 4 aromatic rings. The van der Waals surface area contributed by atoms with Crippen molar-refractivity contribution in [2.45, 2.75) is 18.6 Å². The van der Waals surface area contributed by atoms with Crippen molar-refractivity contribution in [2.75, 3.05) is 0 Å². The summed E-state index contributed by atoms with van der Waals surface area (Å²) >= 11 is 18.0. The van der Waals surface area contributed by atoms with Crippen molar-refractivity contribution in [3.05, 3.63) is 106 Å². The lowest BCUT2D eigenvalue weighted by molar-refractivity contribution is 0.269. The van der Waals surface area contributed by atoms with Gasteiger partial charge in [0.15, 0.2) is 5.11 Å². The summed E-state index contributed by atoms with van der Waals surface area (Å²) in [5, 5.41) is 5.06. The first kappa shape index (κ1) is 20.9. The molecule has 1 aliphatic rings. The van der Waals surface area contributed by atoms with Gasteiger partial charge in [-0.15, -0.1) is 0 Å². The second kappa shape index (κ2) is 8.90. The first-order valence-electron chi connectivity index (χ1n) is 10.0. The molecule has 32 heavy (non-hydrogen) atoms. The largest absolute Gasteiger partial charge is 0.459 e. The number of nitrogens with zero attached hydrogens (tertiary/aromatic N) is 3. The van der Waals surface area contributed by atoms with Gasteiger partial charge in [0.2, 0.25) is 0 Å². The van der Waals surface area contributed by atoms with Crippen LogP contribution in [0.3, 0.4) is 0 Å². The van der Waals surface area contributed by atoms with E-state index < -0.39 is 0 Å². The Morgan fingerprint density at radius 3 is 2.66 bits per heavy atom. The molecule has 0 aliphatic carbocycles. The van der Waals surface area contributed by atoms with Crippen LogP contribution in [0.15, 0.2) is 83.7 Å². The van der Waals surface area contributed by atoms with Crippen molar-refractivity contribution >= 4 is 40.5 Å². The molecular formula is C24H18Cl2N4OS. The summed E-state index contributed by atoms with van der Waals surface area (Å²) in [6, 6.07) is 18.8. The predicted octanol–water partition coefficient (Wildman–Crippen LogP) is 6.22. The van der Waals surface area contributed by atoms with Gasteiger partial charge in [0, 0.05) is 30.7 Å². The van der Waals surface area contributed by atoms with Gasteiger partial charge in [0.25, 0.3) is 0 Å². The molecule has 5 rings (SSSR count). The zero-order valence-electron chi connectivity index (χ0n) is 16.8. The number of hydrogen-bond acceptors (Lipinski definition) is 4. The van der Waals surface area contributed by atoms with E-state index in [-0.39, 0.29) is 12.1 Å². The maximum Gasteiger partial charge on any atom is 0.170 e. The number of rotatable bonds is 5. The van der Waals surface area contributed by atoms with Crippen molar-refractivity contribution in [2.24, 2.45) is 0 Å². The number of furan rings is 1. The Bertz CT molecular complexity index is 1250. The minimum atomic E-state index is -0.186. The van der Waals surface area contributed by atoms with Gasteiger partial charge in [0.1, 0.15) is 17.6 Å². The predicted molar refractivity (Wildman–Crippen MR) is 129 cm³/mol. The zero-order valence-corrected chi connectivity index (χ0v) is 19.1. The van der Waals surface area contributed by atoms with Gasteiger partial charge in [0.05, 0.1) is 21.8 Å². The summed E-state index contributed by atoms with van der Waals surface area (Å²) in [6.45, 7) is 0.594. The van der Waals surface area contributed by atoms with Gasteiger partial charge in [-0.05, 0) is 66.3 Å². The molecule has 2 atom stereocenters. The van der Waals surface area contributed by atoms with Crippen LogP contribution in [0.25, 0.3) is 11.3 Å². The van der Waals surface area contributed by atoms with E-state index >= 15 is 0 Å². The van der Waals surface area contributed by atoms with Crippen LogP contribution in [0.5, 0.6) is 0 Å². The van der Waals surface area contributed by atoms with Gasteiger partial charge < -0.3 is 14.6 Å². The lowest BCUT2D eigenvalue weighted by atomic mass is 10.0. The summed E-state index contributed by atoms with van der Waals surface area (Å²) in [6.07, 6.45) is 5.38. The van der Waals surface area contributed by atoms with Crippen molar-refractivity contribution in [3.63, 3.8) is 0 Å². The fourth-order valence-electron chi connectivity index (χ4n) is 3.89. The molecule has 1 aliphatic heterocycles. The van der Waals surface area contributed by atoms with Crippen LogP contribution >= 0.6 is 35.4 Å². The number of thiocarbonyl (C=S) groups is 1. The van der Waals surface area contributed by atoms with Crippen molar-refractivity contribution < 1.29 is 4.42 Å². The number of hydrogen-bond donors (Lipinski definition) is 1. The Kier molecular flexibility index (Phi) is 5.83. The molecule has 0 radical (unpaired) electrons. The van der Waals surface area contributed by atoms with E-state index in [1.807, 2.05) is 54.7 Å². The summed E-state index contributed by atoms with van der Waals surface area (Å²) in [5.41, 5.74) is 2.80. The zero-order chi connectivity index (χ0) is 22.1. The van der Waals surface area contributed by atoms with Gasteiger partial charge in [-0.25, -0.2) is 0 Å². The molecule has 1 fully saturated rings. The number of halogens is 2. The molecule has 4 heterocycles. The molecule has 0 bridgehead atoms. The third-order valence-corrected chi connectivity index (χ3v) is 6.49. The molecule has 0 spiro atoms. The van der Waals surface area contributed by atoms with Crippen LogP contribution in [0, 0.1) is 0 Å². The maximum atomic E-state index is 6.33. The van der Waals surface area contributed by atoms with E-state index in [0.717, 1.165) is 22.6 Å². The SMILES string of the molecule is S=C1N[C@@H](c2ccccn2)[C@@H](c2ccc(-c3ccc(Cl)c(Cl)c3)o2)N1Cc1cccnc1. The van der Waals surface area contributed by atoms with E-state index in [4.69, 9.17) is 39.8 Å². The normalized spacial score (nSPS) is 18.1. The van der Waals surface area contributed by atoms with Gasteiger partial charge in [-0.2, -0.15) is 0 Å². The average molecular weight is 481 g/mol. The van der Waals surface area contributed by atoms with Gasteiger partial charge in [-0.1, -0.05) is 35.3 Å². The van der Waals surface area contributed by atoms with Crippen LogP contribution in [0.4, 0.5) is 0 Å². The second-order valence-electron chi connectivity index (χ2n) is 7.45. The van der Waals surface area contributed by atoms with E-state index in [1.165, 1.54) is 0 Å². The Hall–Kier alpha value is -2.93. The van der Waals surface area contributed by atoms with Crippen molar-refractivity contribution in [1.29, 1.82) is 0 Å². The second-order valence-corrected chi connectivity index (χ2v) is 8.65. The van der Waals surface area contributed by atoms with Crippen LogP contribution in [-0.4, -0.2) is 20.0 Å². The topological polar surface area (TPSA) is 54.2 Å². The molecule has 1 N–H and O–H groups in total. The Balaban J connectivity index is 1.54. The molecule has 1 aromatic carbocycles. The average Bonchev–Trinajstić information content (AvgIpc) is 3.42. The Labute approximate surface area is 201 Å². The number of aromatic nitrogens is 2. The molecule has 8 heteroatoms. The minimum Gasteiger partial charge on any atom is -0.459 e. The standard InChI is InChI=1S/C24H18Cl2N4OS/c25-17-7-6-16(12-18(17)26)20-8-9-21(31-20)23-22(19-5-1-2-11-28-19)29-24(32)30(23)14-15-4-3-10-27-13-15/h1-13,22-23H,14H2,(H,29,32)/t22-,23+/m0/s1. The smallest absolute Gasteiger partial charge is 0.170 e. The summed E-state index contributed by atoms with van der Waals surface area (Å²) in [4.78, 5) is 10.9. The van der Waals surface area contributed by atoms with Crippen LogP contribution in [0.1, 0.15) is 29.1 Å². The van der Waals surface area contributed by atoms with Crippen LogP contribution in [0.2, 0.25) is 10.0 Å². The van der Waals surface area contributed by atoms with E-state index in [2.05, 4.69) is 20.2 Å². The fraction of sp³-hybridized carbons (Fsp3) is 0.125. The molecule has 5 nitrogen and oxygen atoms in total. The molecule has 0 amide bonds. The van der Waals surface area contributed by atoms with Crippen molar-refractivity contribution in [1.82, 2.24) is 20.2 Å². The highest BCUT2D eigenvalue weighted by molar-refractivity contribution is 7.80. The first-order chi connectivity index (χ1) is 15.6. The quantitative estimate of drug-likeness (QED) is 0.342. The minimum absolute atomic E-state index is 0.159. The number of pyridine rings is 2. The maximum absolute atomic E-state index is 6.33. The van der Waals surface area contributed by atoms with Crippen LogP contribution < -0.4 is 5.32 Å². The fourth-order valence-corrected chi connectivity index (χ4v) is 4.49. The molecule has 1 saturated heterocycles. The monoisotopic (exact) mass is 480 g/mol. The van der Waals surface area contributed by atoms with Crippen LogP contribution in [-0.2, 0) is 6.54 Å². The summed E-state index contributed by atoms with van der Waals surface area (Å²) in [5.74, 6) is 1.48. The number of benzene rings is 1. The molecule has 160 valence electrons. The van der Waals surface area contributed by atoms with Gasteiger partial charge in [-0.3, -0.25) is 9.97 Å². The third-order valence-electron chi connectivity index (χ3n) is 5.40. The molecule has 0 saturated carbocycles. The van der Waals surface area contributed by atoms with Gasteiger partial charge >= 0.3 is 0 Å². The van der Waals surface area contributed by atoms with Crippen molar-refractivity contribution in [3.8, 4) is 11.3 Å². The third kappa shape index (κ3) is 4.09. The highest BCUT2D eigenvalue weighted by atomic mass is 35.5.